The Morgan fingerprint density at radius 3 is 3.15 bits per heavy atom. The second kappa shape index (κ2) is 4.09. The third-order valence-corrected chi connectivity index (χ3v) is 4.17. The van der Waals surface area contributed by atoms with Crippen LogP contribution in [-0.2, 0) is 4.79 Å². The van der Waals surface area contributed by atoms with Crippen LogP contribution < -0.4 is 10.6 Å². The average molecular weight is 272 g/mol. The highest BCUT2D eigenvalue weighted by atomic mass is 16.2. The molecule has 0 spiro atoms. The van der Waals surface area contributed by atoms with Crippen molar-refractivity contribution >= 4 is 23.2 Å². The predicted octanol–water partition coefficient (Wildman–Crippen LogP) is 0.123. The number of hydrogen-bond acceptors (Lipinski definition) is 5. The quantitative estimate of drug-likeness (QED) is 0.797. The van der Waals surface area contributed by atoms with Crippen LogP contribution in [0.25, 0.3) is 5.65 Å². The van der Waals surface area contributed by atoms with Gasteiger partial charge in [0.2, 0.25) is 5.91 Å². The van der Waals surface area contributed by atoms with Gasteiger partial charge < -0.3 is 19.9 Å². The lowest BCUT2D eigenvalue weighted by Crippen LogP contribution is -2.51. The first-order valence-corrected chi connectivity index (χ1v) is 6.86. The molecule has 2 saturated heterocycles. The summed E-state index contributed by atoms with van der Waals surface area (Å²) in [5.74, 6) is 1.57. The number of nitrogens with two attached hydrogens (primary N) is 1. The molecule has 4 heterocycles. The second-order valence-electron chi connectivity index (χ2n) is 5.37. The fraction of sp³-hybridized carbons (Fsp3) is 0.462. The molecule has 0 saturated carbocycles. The van der Waals surface area contributed by atoms with Crippen molar-refractivity contribution in [3.8, 4) is 0 Å². The number of aromatic nitrogens is 3. The Labute approximate surface area is 116 Å². The molecular formula is C13H16N6O. The normalized spacial score (nSPS) is 22.6. The van der Waals surface area contributed by atoms with E-state index in [2.05, 4.69) is 14.9 Å². The van der Waals surface area contributed by atoms with Crippen LogP contribution in [0.15, 0.2) is 18.6 Å². The number of fused-ring (bicyclic) bond motifs is 2. The molecule has 2 aliphatic rings. The van der Waals surface area contributed by atoms with Gasteiger partial charge in [-0.05, 0) is 6.42 Å². The van der Waals surface area contributed by atoms with Crippen LogP contribution in [0.4, 0.5) is 11.6 Å². The molecular weight excluding hydrogens is 256 g/mol. The molecule has 20 heavy (non-hydrogen) atoms. The number of amides is 1. The second-order valence-corrected chi connectivity index (χ2v) is 5.37. The molecule has 1 atom stereocenters. The van der Waals surface area contributed by atoms with E-state index in [1.54, 1.807) is 12.4 Å². The smallest absolute Gasteiger partial charge is 0.223 e. The summed E-state index contributed by atoms with van der Waals surface area (Å²) in [6, 6.07) is 0.300. The van der Waals surface area contributed by atoms with Gasteiger partial charge in [0.1, 0.15) is 5.82 Å². The molecule has 1 unspecified atom stereocenters. The van der Waals surface area contributed by atoms with Crippen molar-refractivity contribution in [3.63, 3.8) is 0 Å². The fourth-order valence-electron chi connectivity index (χ4n) is 3.20. The number of anilines is 2. The number of rotatable bonds is 1. The molecule has 0 aliphatic carbocycles. The van der Waals surface area contributed by atoms with Gasteiger partial charge in [0.15, 0.2) is 11.5 Å². The molecule has 2 aromatic rings. The topological polar surface area (TPSA) is 79.8 Å². The molecule has 0 aromatic carbocycles. The molecule has 2 N–H and O–H groups in total. The number of carbonyl (C=O) groups is 1. The highest BCUT2D eigenvalue weighted by molar-refractivity contribution is 5.79. The van der Waals surface area contributed by atoms with Crippen LogP contribution in [0.1, 0.15) is 12.8 Å². The van der Waals surface area contributed by atoms with Crippen LogP contribution in [0.5, 0.6) is 0 Å². The summed E-state index contributed by atoms with van der Waals surface area (Å²) < 4.78 is 1.89. The summed E-state index contributed by atoms with van der Waals surface area (Å²) in [6.45, 7) is 2.35. The minimum atomic E-state index is 0.279. The van der Waals surface area contributed by atoms with E-state index in [1.807, 2.05) is 15.5 Å². The monoisotopic (exact) mass is 272 g/mol. The molecule has 7 heteroatoms. The largest absolute Gasteiger partial charge is 0.382 e. The molecule has 0 radical (unpaired) electrons. The van der Waals surface area contributed by atoms with E-state index >= 15 is 0 Å². The van der Waals surface area contributed by atoms with Crippen LogP contribution in [-0.4, -0.2) is 50.9 Å². The molecule has 7 nitrogen and oxygen atoms in total. The Morgan fingerprint density at radius 1 is 1.35 bits per heavy atom. The summed E-state index contributed by atoms with van der Waals surface area (Å²) in [7, 11) is 0. The number of carbonyl (C=O) groups excluding carboxylic acids is 1. The molecule has 0 bridgehead atoms. The lowest BCUT2D eigenvalue weighted by Gasteiger charge is -2.38. The van der Waals surface area contributed by atoms with Gasteiger partial charge in [0, 0.05) is 44.5 Å². The summed E-state index contributed by atoms with van der Waals surface area (Å²) in [5.41, 5.74) is 6.69. The van der Waals surface area contributed by atoms with E-state index < -0.39 is 0 Å². The summed E-state index contributed by atoms with van der Waals surface area (Å²) in [4.78, 5) is 24.7. The Hall–Kier alpha value is -2.31. The zero-order valence-electron chi connectivity index (χ0n) is 11.1. The Morgan fingerprint density at radius 2 is 2.25 bits per heavy atom. The van der Waals surface area contributed by atoms with Gasteiger partial charge in [-0.2, -0.15) is 0 Å². The number of hydrogen-bond donors (Lipinski definition) is 1. The molecule has 2 aliphatic heterocycles. The average Bonchev–Trinajstić information content (AvgIpc) is 3.04. The highest BCUT2D eigenvalue weighted by Gasteiger charge is 2.36. The zero-order chi connectivity index (χ0) is 13.7. The van der Waals surface area contributed by atoms with Crippen LogP contribution in [0.3, 0.4) is 0 Å². The zero-order valence-corrected chi connectivity index (χ0v) is 11.1. The first kappa shape index (κ1) is 11.5. The van der Waals surface area contributed by atoms with Crippen molar-refractivity contribution in [2.24, 2.45) is 0 Å². The SMILES string of the molecule is Nc1cn2ccnc2c(N2CCN3C(=O)CCC3C2)n1. The maximum absolute atomic E-state index is 11.7. The van der Waals surface area contributed by atoms with Crippen LogP contribution in [0, 0.1) is 0 Å². The predicted molar refractivity (Wildman–Crippen MR) is 74.3 cm³/mol. The Kier molecular flexibility index (Phi) is 2.35. The lowest BCUT2D eigenvalue weighted by molar-refractivity contribution is -0.129. The molecule has 104 valence electrons. The van der Waals surface area contributed by atoms with E-state index in [9.17, 15) is 4.79 Å². The van der Waals surface area contributed by atoms with Crippen LogP contribution >= 0.6 is 0 Å². The first-order valence-electron chi connectivity index (χ1n) is 6.86. The molecule has 2 fully saturated rings. The van der Waals surface area contributed by atoms with Gasteiger partial charge in [-0.1, -0.05) is 0 Å². The van der Waals surface area contributed by atoms with Crippen molar-refractivity contribution in [1.82, 2.24) is 19.3 Å². The lowest BCUT2D eigenvalue weighted by atomic mass is 10.1. The van der Waals surface area contributed by atoms with E-state index in [4.69, 9.17) is 5.73 Å². The highest BCUT2D eigenvalue weighted by Crippen LogP contribution is 2.27. The van der Waals surface area contributed by atoms with Gasteiger partial charge in [-0.25, -0.2) is 9.97 Å². The van der Waals surface area contributed by atoms with Gasteiger partial charge in [-0.3, -0.25) is 4.79 Å². The molecule has 1 amide bonds. The summed E-state index contributed by atoms with van der Waals surface area (Å²) in [6.07, 6.45) is 6.98. The molecule has 2 aromatic heterocycles. The van der Waals surface area contributed by atoms with Gasteiger partial charge in [0.25, 0.3) is 0 Å². The Balaban J connectivity index is 1.70. The van der Waals surface area contributed by atoms with E-state index in [0.717, 1.165) is 37.5 Å². The first-order chi connectivity index (χ1) is 9.72. The van der Waals surface area contributed by atoms with Crippen molar-refractivity contribution < 1.29 is 4.79 Å². The number of nitrogens with zero attached hydrogens (tertiary/aromatic N) is 5. The van der Waals surface area contributed by atoms with Crippen LogP contribution in [0.2, 0.25) is 0 Å². The van der Waals surface area contributed by atoms with Crippen molar-refractivity contribution in [2.45, 2.75) is 18.9 Å². The third-order valence-electron chi connectivity index (χ3n) is 4.17. The van der Waals surface area contributed by atoms with Gasteiger partial charge in [0.05, 0.1) is 6.20 Å². The minimum Gasteiger partial charge on any atom is -0.382 e. The van der Waals surface area contributed by atoms with Crippen molar-refractivity contribution in [2.75, 3.05) is 30.3 Å². The standard InChI is InChI=1S/C13H16N6O/c14-10-8-17-4-3-15-12(17)13(16-10)18-5-6-19-9(7-18)1-2-11(19)20/h3-4,8-9H,1-2,5-7,14H2. The van der Waals surface area contributed by atoms with Crippen molar-refractivity contribution in [3.05, 3.63) is 18.6 Å². The third kappa shape index (κ3) is 1.62. The number of nitrogen functional groups attached to an aromatic ring is 1. The van der Waals surface area contributed by atoms with Gasteiger partial charge >= 0.3 is 0 Å². The fourth-order valence-corrected chi connectivity index (χ4v) is 3.20. The van der Waals surface area contributed by atoms with Crippen molar-refractivity contribution in [1.29, 1.82) is 0 Å². The minimum absolute atomic E-state index is 0.279. The maximum atomic E-state index is 11.7. The number of piperazine rings is 1. The number of imidazole rings is 1. The van der Waals surface area contributed by atoms with E-state index in [-0.39, 0.29) is 5.91 Å². The van der Waals surface area contributed by atoms with E-state index in [0.29, 0.717) is 18.3 Å². The van der Waals surface area contributed by atoms with E-state index in [1.165, 1.54) is 0 Å². The summed E-state index contributed by atoms with van der Waals surface area (Å²) in [5, 5.41) is 0. The Bertz CT molecular complexity index is 681. The summed E-state index contributed by atoms with van der Waals surface area (Å²) >= 11 is 0. The van der Waals surface area contributed by atoms with Gasteiger partial charge in [-0.15, -0.1) is 0 Å². The maximum Gasteiger partial charge on any atom is 0.223 e. The molecule has 4 rings (SSSR count).